The van der Waals surface area contributed by atoms with Crippen molar-refractivity contribution in [3.63, 3.8) is 0 Å². The van der Waals surface area contributed by atoms with E-state index in [2.05, 4.69) is 53.5 Å². The molecule has 0 aliphatic carbocycles. The van der Waals surface area contributed by atoms with Crippen LogP contribution in [0, 0.1) is 5.92 Å². The third-order valence-corrected chi connectivity index (χ3v) is 4.41. The number of piperidine rings is 1. The summed E-state index contributed by atoms with van der Waals surface area (Å²) in [5, 5.41) is 3.64. The van der Waals surface area contributed by atoms with E-state index in [1.807, 2.05) is 0 Å². The van der Waals surface area contributed by atoms with Crippen molar-refractivity contribution in [2.45, 2.75) is 18.9 Å². The molecule has 18 heavy (non-hydrogen) atoms. The van der Waals surface area contributed by atoms with Gasteiger partial charge in [-0.2, -0.15) is 0 Å². The van der Waals surface area contributed by atoms with Crippen LogP contribution in [-0.2, 0) is 0 Å². The standard InChI is InChI=1S/C15H23N3/c1-17(2)13-3-5-14(6-4-13)18-10-8-12-7-9-16-15(12)11-18/h3-6,12,15-16H,7-11H2,1-2H3. The summed E-state index contributed by atoms with van der Waals surface area (Å²) in [5.74, 6) is 0.919. The molecule has 1 aromatic carbocycles. The Hall–Kier alpha value is -1.22. The highest BCUT2D eigenvalue weighted by Crippen LogP contribution is 2.29. The lowest BCUT2D eigenvalue weighted by Gasteiger charge is -2.36. The maximum Gasteiger partial charge on any atom is 0.0368 e. The van der Waals surface area contributed by atoms with Crippen LogP contribution in [0.25, 0.3) is 0 Å². The molecule has 3 nitrogen and oxygen atoms in total. The Kier molecular flexibility index (Phi) is 3.16. The molecule has 0 amide bonds. The smallest absolute Gasteiger partial charge is 0.0368 e. The van der Waals surface area contributed by atoms with Crippen molar-refractivity contribution in [3.05, 3.63) is 24.3 Å². The SMILES string of the molecule is CN(C)c1ccc(N2CCC3CCNC3C2)cc1. The number of benzene rings is 1. The Morgan fingerprint density at radius 1 is 1.17 bits per heavy atom. The van der Waals surface area contributed by atoms with E-state index < -0.39 is 0 Å². The fourth-order valence-corrected chi connectivity index (χ4v) is 3.23. The van der Waals surface area contributed by atoms with Gasteiger partial charge in [-0.25, -0.2) is 0 Å². The lowest BCUT2D eigenvalue weighted by atomic mass is 9.92. The molecule has 0 spiro atoms. The second-order valence-corrected chi connectivity index (χ2v) is 5.75. The van der Waals surface area contributed by atoms with Crippen molar-refractivity contribution in [1.82, 2.24) is 5.32 Å². The first-order chi connectivity index (χ1) is 8.74. The van der Waals surface area contributed by atoms with Gasteiger partial charge in [-0.05, 0) is 49.6 Å². The second-order valence-electron chi connectivity index (χ2n) is 5.75. The summed E-state index contributed by atoms with van der Waals surface area (Å²) in [6.07, 6.45) is 2.71. The number of fused-ring (bicyclic) bond motifs is 1. The molecule has 0 bridgehead atoms. The van der Waals surface area contributed by atoms with Gasteiger partial charge in [0.1, 0.15) is 0 Å². The van der Waals surface area contributed by atoms with E-state index in [0.717, 1.165) is 5.92 Å². The summed E-state index contributed by atoms with van der Waals surface area (Å²) in [5.41, 5.74) is 2.64. The Morgan fingerprint density at radius 3 is 2.67 bits per heavy atom. The van der Waals surface area contributed by atoms with E-state index in [9.17, 15) is 0 Å². The lowest BCUT2D eigenvalue weighted by Crippen LogP contribution is -2.46. The van der Waals surface area contributed by atoms with Crippen LogP contribution in [-0.4, -0.2) is 39.8 Å². The van der Waals surface area contributed by atoms with Gasteiger partial charge in [0, 0.05) is 44.6 Å². The van der Waals surface area contributed by atoms with Crippen LogP contribution < -0.4 is 15.1 Å². The van der Waals surface area contributed by atoms with Crippen LogP contribution in [0.2, 0.25) is 0 Å². The number of hydrogen-bond donors (Lipinski definition) is 1. The zero-order chi connectivity index (χ0) is 12.5. The normalized spacial score (nSPS) is 27.1. The van der Waals surface area contributed by atoms with Gasteiger partial charge >= 0.3 is 0 Å². The molecule has 2 saturated heterocycles. The number of rotatable bonds is 2. The van der Waals surface area contributed by atoms with Crippen LogP contribution in [0.1, 0.15) is 12.8 Å². The van der Waals surface area contributed by atoms with E-state index in [0.29, 0.717) is 6.04 Å². The average molecular weight is 245 g/mol. The van der Waals surface area contributed by atoms with E-state index >= 15 is 0 Å². The molecule has 2 aliphatic rings. The molecule has 2 unspecified atom stereocenters. The molecule has 0 saturated carbocycles. The molecular weight excluding hydrogens is 222 g/mol. The fourth-order valence-electron chi connectivity index (χ4n) is 3.23. The summed E-state index contributed by atoms with van der Waals surface area (Å²) in [7, 11) is 4.17. The molecular formula is C15H23N3. The first kappa shape index (κ1) is 11.8. The monoisotopic (exact) mass is 245 g/mol. The summed E-state index contributed by atoms with van der Waals surface area (Å²) < 4.78 is 0. The zero-order valence-corrected chi connectivity index (χ0v) is 11.4. The minimum absolute atomic E-state index is 0.715. The number of nitrogens with zero attached hydrogens (tertiary/aromatic N) is 2. The number of hydrogen-bond acceptors (Lipinski definition) is 3. The van der Waals surface area contributed by atoms with Crippen molar-refractivity contribution >= 4 is 11.4 Å². The van der Waals surface area contributed by atoms with Gasteiger partial charge in [-0.1, -0.05) is 0 Å². The fraction of sp³-hybridized carbons (Fsp3) is 0.600. The van der Waals surface area contributed by atoms with Crippen LogP contribution >= 0.6 is 0 Å². The van der Waals surface area contributed by atoms with Gasteiger partial charge in [0.15, 0.2) is 0 Å². The first-order valence-electron chi connectivity index (χ1n) is 7.00. The second kappa shape index (κ2) is 4.81. The van der Waals surface area contributed by atoms with Gasteiger partial charge in [0.05, 0.1) is 0 Å². The third-order valence-electron chi connectivity index (χ3n) is 4.41. The van der Waals surface area contributed by atoms with Crippen molar-refractivity contribution in [3.8, 4) is 0 Å². The molecule has 1 aromatic rings. The molecule has 3 rings (SSSR count). The predicted octanol–water partition coefficient (Wildman–Crippen LogP) is 1.94. The number of anilines is 2. The Bertz CT molecular complexity index is 399. The third kappa shape index (κ3) is 2.19. The maximum absolute atomic E-state index is 3.64. The molecule has 1 N–H and O–H groups in total. The Labute approximate surface area is 110 Å². The molecule has 2 heterocycles. The quantitative estimate of drug-likeness (QED) is 0.859. The van der Waals surface area contributed by atoms with E-state index in [-0.39, 0.29) is 0 Å². The summed E-state index contributed by atoms with van der Waals surface area (Å²) in [6.45, 7) is 3.60. The van der Waals surface area contributed by atoms with E-state index in [1.54, 1.807) is 0 Å². The Morgan fingerprint density at radius 2 is 1.94 bits per heavy atom. The molecule has 2 fully saturated rings. The minimum atomic E-state index is 0.715. The zero-order valence-electron chi connectivity index (χ0n) is 11.4. The van der Waals surface area contributed by atoms with Crippen LogP contribution in [0.3, 0.4) is 0 Å². The van der Waals surface area contributed by atoms with Crippen molar-refractivity contribution in [1.29, 1.82) is 0 Å². The van der Waals surface area contributed by atoms with Gasteiger partial charge in [-0.15, -0.1) is 0 Å². The predicted molar refractivity (Wildman–Crippen MR) is 77.5 cm³/mol. The van der Waals surface area contributed by atoms with Gasteiger partial charge < -0.3 is 15.1 Å². The maximum atomic E-state index is 3.64. The molecule has 0 aromatic heterocycles. The van der Waals surface area contributed by atoms with Gasteiger partial charge in [0.25, 0.3) is 0 Å². The highest BCUT2D eigenvalue weighted by molar-refractivity contribution is 5.56. The van der Waals surface area contributed by atoms with E-state index in [4.69, 9.17) is 0 Å². The highest BCUT2D eigenvalue weighted by Gasteiger charge is 2.32. The molecule has 2 atom stereocenters. The molecule has 2 aliphatic heterocycles. The molecule has 98 valence electrons. The minimum Gasteiger partial charge on any atom is -0.378 e. The summed E-state index contributed by atoms with van der Waals surface area (Å²) >= 11 is 0. The van der Waals surface area contributed by atoms with Crippen LogP contribution in [0.5, 0.6) is 0 Å². The summed E-state index contributed by atoms with van der Waals surface area (Å²) in [4.78, 5) is 4.67. The van der Waals surface area contributed by atoms with Gasteiger partial charge in [-0.3, -0.25) is 0 Å². The Balaban J connectivity index is 1.71. The van der Waals surface area contributed by atoms with E-state index in [1.165, 1.54) is 43.9 Å². The number of nitrogens with one attached hydrogen (secondary N) is 1. The highest BCUT2D eigenvalue weighted by atomic mass is 15.2. The van der Waals surface area contributed by atoms with Crippen molar-refractivity contribution < 1.29 is 0 Å². The topological polar surface area (TPSA) is 18.5 Å². The first-order valence-corrected chi connectivity index (χ1v) is 7.00. The summed E-state index contributed by atoms with van der Waals surface area (Å²) in [6, 6.07) is 9.65. The molecule has 3 heteroatoms. The van der Waals surface area contributed by atoms with Crippen molar-refractivity contribution in [2.75, 3.05) is 43.5 Å². The molecule has 0 radical (unpaired) electrons. The average Bonchev–Trinajstić information content (AvgIpc) is 2.86. The largest absolute Gasteiger partial charge is 0.378 e. The van der Waals surface area contributed by atoms with Crippen molar-refractivity contribution in [2.24, 2.45) is 5.92 Å². The van der Waals surface area contributed by atoms with Crippen LogP contribution in [0.15, 0.2) is 24.3 Å². The lowest BCUT2D eigenvalue weighted by molar-refractivity contribution is 0.374. The van der Waals surface area contributed by atoms with Gasteiger partial charge in [0.2, 0.25) is 0 Å². The van der Waals surface area contributed by atoms with Crippen LogP contribution in [0.4, 0.5) is 11.4 Å².